The van der Waals surface area contributed by atoms with Gasteiger partial charge in [0.1, 0.15) is 0 Å². The number of benzene rings is 1. The number of carbonyl (C=O) groups excluding carboxylic acids is 3. The van der Waals surface area contributed by atoms with Crippen molar-refractivity contribution in [1.82, 2.24) is 10.2 Å². The summed E-state index contributed by atoms with van der Waals surface area (Å²) >= 11 is 3.44. The third kappa shape index (κ3) is 3.95. The molecule has 1 saturated heterocycles. The Labute approximate surface area is 150 Å². The molecule has 6 nitrogen and oxygen atoms in total. The lowest BCUT2D eigenvalue weighted by Crippen LogP contribution is -2.43. The molecule has 130 valence electrons. The smallest absolute Gasteiger partial charge is 0.239 e. The largest absolute Gasteiger partial charge is 0.358 e. The lowest BCUT2D eigenvalue weighted by atomic mass is 10.1. The van der Waals surface area contributed by atoms with Gasteiger partial charge in [0.15, 0.2) is 0 Å². The monoisotopic (exact) mass is 395 g/mol. The van der Waals surface area contributed by atoms with Gasteiger partial charge >= 0.3 is 0 Å². The molecule has 0 saturated carbocycles. The first kappa shape index (κ1) is 18.4. The Morgan fingerprint density at radius 1 is 1.42 bits per heavy atom. The van der Waals surface area contributed by atoms with Gasteiger partial charge in [-0.3, -0.25) is 14.4 Å². The van der Waals surface area contributed by atoms with Gasteiger partial charge in [0.25, 0.3) is 0 Å². The van der Waals surface area contributed by atoms with E-state index in [1.807, 2.05) is 32.0 Å². The molecule has 0 radical (unpaired) electrons. The fourth-order valence-corrected chi connectivity index (χ4v) is 3.02. The standard InChI is InChI=1S/C17H22BrN3O3/c1-4-20(10-15(22)19-3)17(24)12-8-16(23)21(9-12)13-5-6-14(18)11(2)7-13/h5-7,12H,4,8-10H2,1-3H3,(H,19,22)/t12-/m1/s1. The van der Waals surface area contributed by atoms with Crippen LogP contribution in [0.1, 0.15) is 18.9 Å². The van der Waals surface area contributed by atoms with Gasteiger partial charge in [-0.15, -0.1) is 0 Å². The zero-order valence-electron chi connectivity index (χ0n) is 14.1. The number of hydrogen-bond acceptors (Lipinski definition) is 3. The zero-order chi connectivity index (χ0) is 17.9. The van der Waals surface area contributed by atoms with Crippen LogP contribution in [0.25, 0.3) is 0 Å². The van der Waals surface area contributed by atoms with E-state index in [1.165, 1.54) is 11.9 Å². The number of hydrogen-bond donors (Lipinski definition) is 1. The molecule has 0 bridgehead atoms. The Balaban J connectivity index is 2.11. The van der Waals surface area contributed by atoms with Gasteiger partial charge in [0.05, 0.1) is 12.5 Å². The maximum Gasteiger partial charge on any atom is 0.239 e. The van der Waals surface area contributed by atoms with E-state index in [2.05, 4.69) is 21.2 Å². The molecule has 1 aromatic rings. The minimum absolute atomic E-state index is 0.0217. The Morgan fingerprint density at radius 2 is 2.12 bits per heavy atom. The molecule has 1 fully saturated rings. The molecule has 1 heterocycles. The molecule has 0 aliphatic carbocycles. The highest BCUT2D eigenvalue weighted by Crippen LogP contribution is 2.29. The van der Waals surface area contributed by atoms with E-state index in [1.54, 1.807) is 4.90 Å². The topological polar surface area (TPSA) is 69.7 Å². The number of halogens is 1. The van der Waals surface area contributed by atoms with Crippen LogP contribution in [0, 0.1) is 12.8 Å². The molecule has 0 unspecified atom stereocenters. The summed E-state index contributed by atoms with van der Waals surface area (Å²) in [5, 5.41) is 2.52. The molecule has 0 spiro atoms. The summed E-state index contributed by atoms with van der Waals surface area (Å²) in [4.78, 5) is 39.6. The van der Waals surface area contributed by atoms with Crippen molar-refractivity contribution in [2.45, 2.75) is 20.3 Å². The summed E-state index contributed by atoms with van der Waals surface area (Å²) in [5.41, 5.74) is 1.83. The summed E-state index contributed by atoms with van der Waals surface area (Å²) in [6.45, 7) is 4.59. The third-order valence-electron chi connectivity index (χ3n) is 4.23. The van der Waals surface area contributed by atoms with Gasteiger partial charge in [-0.05, 0) is 37.6 Å². The van der Waals surface area contributed by atoms with Crippen molar-refractivity contribution in [2.24, 2.45) is 5.92 Å². The fourth-order valence-electron chi connectivity index (χ4n) is 2.78. The molecule has 1 aromatic carbocycles. The van der Waals surface area contributed by atoms with Crippen molar-refractivity contribution in [1.29, 1.82) is 0 Å². The Bertz CT molecular complexity index is 662. The molecule has 1 aliphatic heterocycles. The van der Waals surface area contributed by atoms with Crippen LogP contribution in [0.5, 0.6) is 0 Å². The van der Waals surface area contributed by atoms with Crippen LogP contribution in [0.3, 0.4) is 0 Å². The maximum absolute atomic E-state index is 12.6. The summed E-state index contributed by atoms with van der Waals surface area (Å²) in [6.07, 6.45) is 0.179. The average Bonchev–Trinajstić information content (AvgIpc) is 2.96. The first-order chi connectivity index (χ1) is 11.4. The normalized spacial score (nSPS) is 17.1. The molecule has 0 aromatic heterocycles. The van der Waals surface area contributed by atoms with E-state index in [0.29, 0.717) is 13.1 Å². The highest BCUT2D eigenvalue weighted by atomic mass is 79.9. The van der Waals surface area contributed by atoms with E-state index in [4.69, 9.17) is 0 Å². The number of amides is 3. The van der Waals surface area contributed by atoms with Crippen LogP contribution >= 0.6 is 15.9 Å². The lowest BCUT2D eigenvalue weighted by molar-refractivity contribution is -0.139. The number of nitrogens with zero attached hydrogens (tertiary/aromatic N) is 2. The summed E-state index contributed by atoms with van der Waals surface area (Å²) in [5.74, 6) is -0.835. The van der Waals surface area contributed by atoms with E-state index < -0.39 is 5.92 Å². The van der Waals surface area contributed by atoms with Gasteiger partial charge in [0, 0.05) is 36.7 Å². The Morgan fingerprint density at radius 3 is 2.71 bits per heavy atom. The van der Waals surface area contributed by atoms with Gasteiger partial charge in [-0.2, -0.15) is 0 Å². The number of carbonyl (C=O) groups is 3. The van der Waals surface area contributed by atoms with Gasteiger partial charge in [0.2, 0.25) is 17.7 Å². The lowest BCUT2D eigenvalue weighted by Gasteiger charge is -2.23. The van der Waals surface area contributed by atoms with Crippen molar-refractivity contribution < 1.29 is 14.4 Å². The zero-order valence-corrected chi connectivity index (χ0v) is 15.7. The quantitative estimate of drug-likeness (QED) is 0.824. The number of anilines is 1. The molecule has 1 atom stereocenters. The van der Waals surface area contributed by atoms with Gasteiger partial charge in [-0.1, -0.05) is 15.9 Å². The molecular formula is C17H22BrN3O3. The highest BCUT2D eigenvalue weighted by molar-refractivity contribution is 9.10. The Hall–Kier alpha value is -1.89. The second kappa shape index (κ2) is 7.79. The molecule has 3 amide bonds. The van der Waals surface area contributed by atoms with E-state index >= 15 is 0 Å². The molecule has 24 heavy (non-hydrogen) atoms. The van der Waals surface area contributed by atoms with Crippen molar-refractivity contribution in [3.8, 4) is 0 Å². The van der Waals surface area contributed by atoms with Gasteiger partial charge in [-0.25, -0.2) is 0 Å². The first-order valence-corrected chi connectivity index (χ1v) is 8.72. The molecule has 1 aliphatic rings. The highest BCUT2D eigenvalue weighted by Gasteiger charge is 2.37. The minimum Gasteiger partial charge on any atom is -0.358 e. The van der Waals surface area contributed by atoms with Crippen LogP contribution in [-0.4, -0.2) is 49.3 Å². The van der Waals surface area contributed by atoms with Crippen LogP contribution in [0.4, 0.5) is 5.69 Å². The predicted molar refractivity (Wildman–Crippen MR) is 95.7 cm³/mol. The second-order valence-electron chi connectivity index (χ2n) is 5.86. The van der Waals surface area contributed by atoms with Crippen molar-refractivity contribution in [2.75, 3.05) is 31.6 Å². The van der Waals surface area contributed by atoms with Crippen molar-refractivity contribution in [3.05, 3.63) is 28.2 Å². The van der Waals surface area contributed by atoms with E-state index in [9.17, 15) is 14.4 Å². The van der Waals surface area contributed by atoms with Crippen LogP contribution < -0.4 is 10.2 Å². The maximum atomic E-state index is 12.6. The second-order valence-corrected chi connectivity index (χ2v) is 6.72. The predicted octanol–water partition coefficient (Wildman–Crippen LogP) is 1.70. The fraction of sp³-hybridized carbons (Fsp3) is 0.471. The Kier molecular flexibility index (Phi) is 5.99. The third-order valence-corrected chi connectivity index (χ3v) is 5.12. The van der Waals surface area contributed by atoms with Gasteiger partial charge < -0.3 is 15.1 Å². The molecule has 1 N–H and O–H groups in total. The van der Waals surface area contributed by atoms with E-state index in [-0.39, 0.29) is 30.7 Å². The van der Waals surface area contributed by atoms with Crippen molar-refractivity contribution in [3.63, 3.8) is 0 Å². The summed E-state index contributed by atoms with van der Waals surface area (Å²) < 4.78 is 0.980. The first-order valence-electron chi connectivity index (χ1n) is 7.93. The molecular weight excluding hydrogens is 374 g/mol. The van der Waals surface area contributed by atoms with Crippen LogP contribution in [0.2, 0.25) is 0 Å². The summed E-state index contributed by atoms with van der Waals surface area (Å²) in [7, 11) is 1.54. The molecule has 2 rings (SSSR count). The summed E-state index contributed by atoms with van der Waals surface area (Å²) in [6, 6.07) is 5.69. The molecule has 7 heteroatoms. The number of rotatable bonds is 5. The average molecular weight is 396 g/mol. The van der Waals surface area contributed by atoms with Crippen LogP contribution in [0.15, 0.2) is 22.7 Å². The SMILES string of the molecule is CCN(CC(=O)NC)C(=O)[C@@H]1CC(=O)N(c2ccc(Br)c(C)c2)C1. The van der Waals surface area contributed by atoms with Crippen molar-refractivity contribution >= 4 is 39.3 Å². The minimum atomic E-state index is -0.411. The van der Waals surface area contributed by atoms with E-state index in [0.717, 1.165) is 15.7 Å². The number of nitrogens with one attached hydrogen (secondary N) is 1. The number of aryl methyl sites for hydroxylation is 1. The number of likely N-dealkylation sites (N-methyl/N-ethyl adjacent to an activating group) is 2. The van der Waals surface area contributed by atoms with Crippen LogP contribution in [-0.2, 0) is 14.4 Å².